The van der Waals surface area contributed by atoms with Gasteiger partial charge in [-0.3, -0.25) is 0 Å². The van der Waals surface area contributed by atoms with Gasteiger partial charge in [0.05, 0.1) is 19.3 Å². The molecule has 0 saturated carbocycles. The quantitative estimate of drug-likeness (QED) is 0.535. The minimum Gasteiger partial charge on any atom is -0.395 e. The summed E-state index contributed by atoms with van der Waals surface area (Å²) in [7, 11) is 0. The fourth-order valence-corrected chi connectivity index (χ4v) is 0.855. The number of aliphatic hydroxyl groups excluding tert-OH is 1. The SMILES string of the molecule is N#C[C@@]1(CO)CCOC1. The lowest BCUT2D eigenvalue weighted by Gasteiger charge is -2.12. The van der Waals surface area contributed by atoms with Crippen molar-refractivity contribution in [1.82, 2.24) is 0 Å². The van der Waals surface area contributed by atoms with E-state index in [1.807, 2.05) is 0 Å². The highest BCUT2D eigenvalue weighted by Crippen LogP contribution is 2.26. The Labute approximate surface area is 53.9 Å². The van der Waals surface area contributed by atoms with Crippen LogP contribution < -0.4 is 0 Å². The van der Waals surface area contributed by atoms with Gasteiger partial charge >= 0.3 is 0 Å². The Hall–Kier alpha value is -0.590. The predicted molar refractivity (Wildman–Crippen MR) is 30.6 cm³/mol. The molecule has 3 nitrogen and oxygen atoms in total. The zero-order chi connectivity index (χ0) is 6.74. The monoisotopic (exact) mass is 127 g/mol. The third-order valence-corrected chi connectivity index (χ3v) is 1.64. The lowest BCUT2D eigenvalue weighted by atomic mass is 9.91. The zero-order valence-corrected chi connectivity index (χ0v) is 5.13. The van der Waals surface area contributed by atoms with Crippen LogP contribution >= 0.6 is 0 Å². The van der Waals surface area contributed by atoms with Crippen LogP contribution in [0.2, 0.25) is 0 Å². The molecule has 0 aromatic heterocycles. The van der Waals surface area contributed by atoms with Gasteiger partial charge in [0.15, 0.2) is 0 Å². The van der Waals surface area contributed by atoms with Gasteiger partial charge < -0.3 is 9.84 Å². The van der Waals surface area contributed by atoms with Crippen molar-refractivity contribution in [2.24, 2.45) is 5.41 Å². The molecular formula is C6H9NO2. The van der Waals surface area contributed by atoms with Crippen LogP contribution in [0.25, 0.3) is 0 Å². The van der Waals surface area contributed by atoms with Gasteiger partial charge in [0.2, 0.25) is 0 Å². The van der Waals surface area contributed by atoms with E-state index in [-0.39, 0.29) is 6.61 Å². The van der Waals surface area contributed by atoms with E-state index in [2.05, 4.69) is 6.07 Å². The molecule has 1 saturated heterocycles. The summed E-state index contributed by atoms with van der Waals surface area (Å²) < 4.78 is 4.96. The highest BCUT2D eigenvalue weighted by Gasteiger charge is 2.34. The molecule has 1 N–H and O–H groups in total. The molecule has 9 heavy (non-hydrogen) atoms. The minimum absolute atomic E-state index is 0.0799. The van der Waals surface area contributed by atoms with E-state index < -0.39 is 5.41 Å². The molecule has 1 rings (SSSR count). The Balaban J connectivity index is 2.59. The maximum Gasteiger partial charge on any atom is 0.106 e. The van der Waals surface area contributed by atoms with E-state index in [1.165, 1.54) is 0 Å². The second-order valence-electron chi connectivity index (χ2n) is 2.35. The first-order valence-corrected chi connectivity index (χ1v) is 2.93. The summed E-state index contributed by atoms with van der Waals surface area (Å²) in [4.78, 5) is 0. The van der Waals surface area contributed by atoms with Crippen molar-refractivity contribution in [3.05, 3.63) is 0 Å². The Kier molecular flexibility index (Phi) is 1.70. The third-order valence-electron chi connectivity index (χ3n) is 1.64. The molecule has 0 unspecified atom stereocenters. The fourth-order valence-electron chi connectivity index (χ4n) is 0.855. The van der Waals surface area contributed by atoms with Crippen LogP contribution in [0.5, 0.6) is 0 Å². The number of nitriles is 1. The molecule has 1 atom stereocenters. The Morgan fingerprint density at radius 3 is 2.78 bits per heavy atom. The number of nitrogens with zero attached hydrogens (tertiary/aromatic N) is 1. The first kappa shape index (κ1) is 6.53. The normalized spacial score (nSPS) is 34.2. The molecule has 0 aromatic carbocycles. The van der Waals surface area contributed by atoms with E-state index in [9.17, 15) is 0 Å². The highest BCUT2D eigenvalue weighted by atomic mass is 16.5. The first-order valence-electron chi connectivity index (χ1n) is 2.93. The van der Waals surface area contributed by atoms with Crippen LogP contribution in [0.1, 0.15) is 6.42 Å². The van der Waals surface area contributed by atoms with Gasteiger partial charge in [0.25, 0.3) is 0 Å². The van der Waals surface area contributed by atoms with Crippen molar-refractivity contribution < 1.29 is 9.84 Å². The highest BCUT2D eigenvalue weighted by molar-refractivity contribution is 5.00. The van der Waals surface area contributed by atoms with Gasteiger partial charge in [-0.1, -0.05) is 0 Å². The van der Waals surface area contributed by atoms with E-state index >= 15 is 0 Å². The van der Waals surface area contributed by atoms with Gasteiger partial charge in [-0.05, 0) is 6.42 Å². The average Bonchev–Trinajstić information content (AvgIpc) is 2.36. The zero-order valence-electron chi connectivity index (χ0n) is 5.13. The summed E-state index contributed by atoms with van der Waals surface area (Å²) in [5.74, 6) is 0. The lowest BCUT2D eigenvalue weighted by molar-refractivity contribution is 0.129. The summed E-state index contributed by atoms with van der Waals surface area (Å²) in [6, 6.07) is 2.05. The summed E-state index contributed by atoms with van der Waals surface area (Å²) in [5.41, 5.74) is -0.583. The van der Waals surface area contributed by atoms with Crippen LogP contribution in [0.15, 0.2) is 0 Å². The second kappa shape index (κ2) is 2.34. The van der Waals surface area contributed by atoms with Crippen LogP contribution in [0, 0.1) is 16.7 Å². The van der Waals surface area contributed by atoms with Crippen LogP contribution in [-0.2, 0) is 4.74 Å². The molecule has 1 fully saturated rings. The van der Waals surface area contributed by atoms with Gasteiger partial charge in [0.1, 0.15) is 5.41 Å². The summed E-state index contributed by atoms with van der Waals surface area (Å²) in [6.45, 7) is 0.914. The fraction of sp³-hybridized carbons (Fsp3) is 0.833. The minimum atomic E-state index is -0.583. The molecule has 1 heterocycles. The van der Waals surface area contributed by atoms with Crippen molar-refractivity contribution in [1.29, 1.82) is 5.26 Å². The molecule has 3 heteroatoms. The smallest absolute Gasteiger partial charge is 0.106 e. The number of rotatable bonds is 1. The maximum atomic E-state index is 8.71. The van der Waals surface area contributed by atoms with Crippen molar-refractivity contribution in [2.45, 2.75) is 6.42 Å². The standard InChI is InChI=1S/C6H9NO2/c7-3-6(4-8)1-2-9-5-6/h8H,1-2,4-5H2/t6-/m1/s1. The number of hydrogen-bond acceptors (Lipinski definition) is 3. The third kappa shape index (κ3) is 1.04. The second-order valence-corrected chi connectivity index (χ2v) is 2.35. The molecule has 1 aliphatic rings. The summed E-state index contributed by atoms with van der Waals surface area (Å²) in [5, 5.41) is 17.2. The van der Waals surface area contributed by atoms with E-state index in [4.69, 9.17) is 15.1 Å². The molecule has 0 bridgehead atoms. The van der Waals surface area contributed by atoms with Crippen molar-refractivity contribution in [2.75, 3.05) is 19.8 Å². The van der Waals surface area contributed by atoms with E-state index in [0.29, 0.717) is 19.6 Å². The molecule has 1 aliphatic heterocycles. The molecule has 50 valence electrons. The van der Waals surface area contributed by atoms with Gasteiger partial charge in [-0.15, -0.1) is 0 Å². The van der Waals surface area contributed by atoms with Crippen molar-refractivity contribution >= 4 is 0 Å². The number of hydrogen-bond donors (Lipinski definition) is 1. The molecule has 0 aliphatic carbocycles. The molecule has 0 aromatic rings. The number of ether oxygens (including phenoxy) is 1. The van der Waals surface area contributed by atoms with Crippen LogP contribution in [-0.4, -0.2) is 24.9 Å². The largest absolute Gasteiger partial charge is 0.395 e. The van der Waals surface area contributed by atoms with Gasteiger partial charge in [-0.25, -0.2) is 0 Å². The Bertz CT molecular complexity index is 132. The Morgan fingerprint density at radius 2 is 2.56 bits per heavy atom. The summed E-state index contributed by atoms with van der Waals surface area (Å²) in [6.07, 6.45) is 0.667. The number of aliphatic hydroxyl groups is 1. The van der Waals surface area contributed by atoms with Gasteiger partial charge in [-0.2, -0.15) is 5.26 Å². The topological polar surface area (TPSA) is 53.2 Å². The van der Waals surface area contributed by atoms with Crippen LogP contribution in [0.3, 0.4) is 0 Å². The average molecular weight is 127 g/mol. The molecule has 0 radical (unpaired) electrons. The predicted octanol–water partition coefficient (Wildman–Crippen LogP) is -0.0910. The summed E-state index contributed by atoms with van der Waals surface area (Å²) >= 11 is 0. The van der Waals surface area contributed by atoms with Gasteiger partial charge in [0, 0.05) is 6.61 Å². The van der Waals surface area contributed by atoms with Crippen LogP contribution in [0.4, 0.5) is 0 Å². The van der Waals surface area contributed by atoms with E-state index in [1.54, 1.807) is 0 Å². The lowest BCUT2D eigenvalue weighted by Crippen LogP contribution is -2.22. The first-order chi connectivity index (χ1) is 4.33. The van der Waals surface area contributed by atoms with Crippen molar-refractivity contribution in [3.63, 3.8) is 0 Å². The Morgan fingerprint density at radius 1 is 1.78 bits per heavy atom. The molecule has 0 amide bonds. The maximum absolute atomic E-state index is 8.71. The van der Waals surface area contributed by atoms with Crippen molar-refractivity contribution in [3.8, 4) is 6.07 Å². The molecule has 0 spiro atoms. The molecular weight excluding hydrogens is 118 g/mol. The van der Waals surface area contributed by atoms with E-state index in [0.717, 1.165) is 0 Å².